The quantitative estimate of drug-likeness (QED) is 0.844. The molecule has 1 aliphatic heterocycles. The van der Waals surface area contributed by atoms with Gasteiger partial charge in [0.25, 0.3) is 0 Å². The number of carboxylic acid groups (broad SMARTS) is 1. The lowest BCUT2D eigenvalue weighted by atomic mass is 10.0. The van der Waals surface area contributed by atoms with Gasteiger partial charge in [-0.1, -0.05) is 6.07 Å². The van der Waals surface area contributed by atoms with Crippen LogP contribution in [0.15, 0.2) is 36.4 Å². The number of hydrogen-bond donors (Lipinski definition) is 2. The molecule has 1 atom stereocenters. The van der Waals surface area contributed by atoms with Crippen molar-refractivity contribution in [2.45, 2.75) is 12.5 Å². The van der Waals surface area contributed by atoms with Crippen molar-refractivity contribution in [2.24, 2.45) is 0 Å². The van der Waals surface area contributed by atoms with Gasteiger partial charge in [0.15, 0.2) is 11.6 Å². The highest BCUT2D eigenvalue weighted by Gasteiger charge is 2.28. The Labute approximate surface area is 137 Å². The van der Waals surface area contributed by atoms with Crippen LogP contribution in [-0.4, -0.2) is 35.3 Å². The second-order valence-electron chi connectivity index (χ2n) is 5.64. The summed E-state index contributed by atoms with van der Waals surface area (Å²) in [6, 6.07) is 8.47. The molecule has 0 aliphatic carbocycles. The predicted octanol–water partition coefficient (Wildman–Crippen LogP) is 3.35. The third-order valence-corrected chi connectivity index (χ3v) is 3.94. The molecule has 126 valence electrons. The lowest BCUT2D eigenvalue weighted by Crippen LogP contribution is -2.29. The number of hydrogen-bond acceptors (Lipinski definition) is 3. The molecular formula is C17H16F2N2O3. The van der Waals surface area contributed by atoms with Crippen LogP contribution < -0.4 is 10.5 Å². The molecule has 0 bridgehead atoms. The minimum Gasteiger partial charge on any atom is -0.488 e. The van der Waals surface area contributed by atoms with E-state index in [2.05, 4.69) is 0 Å². The van der Waals surface area contributed by atoms with E-state index in [9.17, 15) is 13.6 Å². The molecule has 1 aliphatic rings. The highest BCUT2D eigenvalue weighted by molar-refractivity contribution is 5.74. The number of nitrogen functional groups attached to an aromatic ring is 1. The van der Waals surface area contributed by atoms with E-state index >= 15 is 0 Å². The van der Waals surface area contributed by atoms with Gasteiger partial charge in [0.2, 0.25) is 0 Å². The smallest absolute Gasteiger partial charge is 0.407 e. The van der Waals surface area contributed by atoms with Crippen molar-refractivity contribution >= 4 is 11.8 Å². The van der Waals surface area contributed by atoms with E-state index < -0.39 is 17.7 Å². The first kappa shape index (κ1) is 16.0. The third-order valence-electron chi connectivity index (χ3n) is 3.94. The summed E-state index contributed by atoms with van der Waals surface area (Å²) in [7, 11) is 0. The number of halogens is 2. The van der Waals surface area contributed by atoms with Crippen molar-refractivity contribution in [3.8, 4) is 16.9 Å². The standard InChI is InChI=1S/C17H16F2N2O3/c18-14-3-1-10(7-15(14)19)13-8-11(20)2-4-16(13)24-12-5-6-21(9-12)17(22)23/h1-4,7-8,12H,5-6,9,20H2,(H,22,23). The maximum atomic E-state index is 13.5. The van der Waals surface area contributed by atoms with Crippen molar-refractivity contribution in [1.29, 1.82) is 0 Å². The maximum absolute atomic E-state index is 13.5. The molecule has 1 unspecified atom stereocenters. The van der Waals surface area contributed by atoms with Gasteiger partial charge < -0.3 is 20.5 Å². The fourth-order valence-corrected chi connectivity index (χ4v) is 2.72. The zero-order chi connectivity index (χ0) is 17.3. The van der Waals surface area contributed by atoms with Gasteiger partial charge in [0.1, 0.15) is 11.9 Å². The van der Waals surface area contributed by atoms with Crippen LogP contribution in [0, 0.1) is 11.6 Å². The monoisotopic (exact) mass is 334 g/mol. The molecule has 1 saturated heterocycles. The molecule has 0 radical (unpaired) electrons. The zero-order valence-electron chi connectivity index (χ0n) is 12.7. The van der Waals surface area contributed by atoms with Crippen molar-refractivity contribution in [3.63, 3.8) is 0 Å². The Kier molecular flexibility index (Phi) is 4.24. The molecule has 2 aromatic rings. The number of nitrogens with zero attached hydrogens (tertiary/aromatic N) is 1. The molecular weight excluding hydrogens is 318 g/mol. The lowest BCUT2D eigenvalue weighted by Gasteiger charge is -2.18. The lowest BCUT2D eigenvalue weighted by molar-refractivity contribution is 0.146. The van der Waals surface area contributed by atoms with Crippen LogP contribution in [-0.2, 0) is 0 Å². The molecule has 7 heteroatoms. The van der Waals surface area contributed by atoms with E-state index in [1.54, 1.807) is 18.2 Å². The van der Waals surface area contributed by atoms with E-state index in [-0.39, 0.29) is 12.6 Å². The van der Waals surface area contributed by atoms with Crippen LogP contribution >= 0.6 is 0 Å². The van der Waals surface area contributed by atoms with Crippen molar-refractivity contribution in [3.05, 3.63) is 48.0 Å². The van der Waals surface area contributed by atoms with Crippen molar-refractivity contribution in [2.75, 3.05) is 18.8 Å². The highest BCUT2D eigenvalue weighted by atomic mass is 19.2. The summed E-state index contributed by atoms with van der Waals surface area (Å²) in [6.45, 7) is 0.659. The number of carbonyl (C=O) groups is 1. The van der Waals surface area contributed by atoms with E-state index in [0.717, 1.165) is 12.1 Å². The highest BCUT2D eigenvalue weighted by Crippen LogP contribution is 2.34. The number of rotatable bonds is 3. The van der Waals surface area contributed by atoms with Gasteiger partial charge in [-0.25, -0.2) is 13.6 Å². The molecule has 0 aromatic heterocycles. The van der Waals surface area contributed by atoms with Crippen molar-refractivity contribution < 1.29 is 23.4 Å². The molecule has 3 rings (SSSR count). The average molecular weight is 334 g/mol. The average Bonchev–Trinajstić information content (AvgIpc) is 3.01. The van der Waals surface area contributed by atoms with Gasteiger partial charge in [-0.2, -0.15) is 0 Å². The molecule has 0 spiro atoms. The first-order chi connectivity index (χ1) is 11.4. The molecule has 3 N–H and O–H groups in total. The van der Waals surface area contributed by atoms with Crippen LogP contribution in [0.1, 0.15) is 6.42 Å². The summed E-state index contributed by atoms with van der Waals surface area (Å²) in [4.78, 5) is 12.3. The molecule has 1 amide bonds. The zero-order valence-corrected chi connectivity index (χ0v) is 12.7. The molecule has 0 saturated carbocycles. The van der Waals surface area contributed by atoms with Crippen LogP contribution in [0.2, 0.25) is 0 Å². The normalized spacial score (nSPS) is 17.1. The van der Waals surface area contributed by atoms with Crippen LogP contribution in [0.5, 0.6) is 5.75 Å². The number of anilines is 1. The molecule has 24 heavy (non-hydrogen) atoms. The predicted molar refractivity (Wildman–Crippen MR) is 84.8 cm³/mol. The van der Waals surface area contributed by atoms with Crippen LogP contribution in [0.4, 0.5) is 19.3 Å². The van der Waals surface area contributed by atoms with Crippen molar-refractivity contribution in [1.82, 2.24) is 4.90 Å². The number of likely N-dealkylation sites (tertiary alicyclic amines) is 1. The number of nitrogens with two attached hydrogens (primary N) is 1. The number of benzene rings is 2. The summed E-state index contributed by atoms with van der Waals surface area (Å²) in [5, 5.41) is 9.00. The SMILES string of the molecule is Nc1ccc(OC2CCN(C(=O)O)C2)c(-c2ccc(F)c(F)c2)c1. The minimum absolute atomic E-state index is 0.261. The van der Waals surface area contributed by atoms with Gasteiger partial charge in [-0.15, -0.1) is 0 Å². The van der Waals surface area contributed by atoms with Gasteiger partial charge in [0.05, 0.1) is 6.54 Å². The number of amides is 1. The Bertz CT molecular complexity index is 782. The fraction of sp³-hybridized carbons (Fsp3) is 0.235. The fourth-order valence-electron chi connectivity index (χ4n) is 2.72. The molecule has 5 nitrogen and oxygen atoms in total. The maximum Gasteiger partial charge on any atom is 0.407 e. The summed E-state index contributed by atoms with van der Waals surface area (Å²) < 4.78 is 32.6. The molecule has 1 fully saturated rings. The summed E-state index contributed by atoms with van der Waals surface area (Å²) >= 11 is 0. The Morgan fingerprint density at radius 2 is 2.00 bits per heavy atom. The number of ether oxygens (including phenoxy) is 1. The van der Waals surface area contributed by atoms with E-state index in [4.69, 9.17) is 15.6 Å². The third kappa shape index (κ3) is 3.24. The van der Waals surface area contributed by atoms with Gasteiger partial charge in [0, 0.05) is 24.2 Å². The Morgan fingerprint density at radius 3 is 2.67 bits per heavy atom. The van der Waals surface area contributed by atoms with Gasteiger partial charge in [-0.05, 0) is 35.9 Å². The second kappa shape index (κ2) is 6.35. The Balaban J connectivity index is 1.89. The molecule has 1 heterocycles. The second-order valence-corrected chi connectivity index (χ2v) is 5.64. The summed E-state index contributed by atoms with van der Waals surface area (Å²) in [5.74, 6) is -1.44. The van der Waals surface area contributed by atoms with E-state index in [1.807, 2.05) is 0 Å². The van der Waals surface area contributed by atoms with Gasteiger partial charge in [-0.3, -0.25) is 0 Å². The van der Waals surface area contributed by atoms with E-state index in [0.29, 0.717) is 35.5 Å². The first-order valence-corrected chi connectivity index (χ1v) is 7.43. The largest absolute Gasteiger partial charge is 0.488 e. The Hall–Kier alpha value is -2.83. The van der Waals surface area contributed by atoms with E-state index in [1.165, 1.54) is 11.0 Å². The van der Waals surface area contributed by atoms with Crippen LogP contribution in [0.3, 0.4) is 0 Å². The van der Waals surface area contributed by atoms with Gasteiger partial charge >= 0.3 is 6.09 Å². The van der Waals surface area contributed by atoms with Crippen LogP contribution in [0.25, 0.3) is 11.1 Å². The summed E-state index contributed by atoms with van der Waals surface area (Å²) in [5.41, 5.74) is 7.22. The first-order valence-electron chi connectivity index (χ1n) is 7.43. The molecule has 2 aromatic carbocycles. The topological polar surface area (TPSA) is 75.8 Å². The summed E-state index contributed by atoms with van der Waals surface area (Å²) in [6.07, 6.45) is -0.721. The minimum atomic E-state index is -0.987. The Morgan fingerprint density at radius 1 is 1.21 bits per heavy atom.